The highest BCUT2D eigenvalue weighted by molar-refractivity contribution is 7.98. The van der Waals surface area contributed by atoms with E-state index in [0.717, 1.165) is 31.4 Å². The van der Waals surface area contributed by atoms with Gasteiger partial charge >= 0.3 is 0 Å². The molecule has 1 N–H and O–H groups in total. The summed E-state index contributed by atoms with van der Waals surface area (Å²) in [6, 6.07) is 14.6. The minimum absolute atomic E-state index is 0.0203. The van der Waals surface area contributed by atoms with Crippen LogP contribution in [0.2, 0.25) is 0 Å². The zero-order valence-corrected chi connectivity index (χ0v) is 18.7. The van der Waals surface area contributed by atoms with E-state index in [4.69, 9.17) is 0 Å². The van der Waals surface area contributed by atoms with Gasteiger partial charge in [-0.25, -0.2) is 0 Å². The lowest BCUT2D eigenvalue weighted by atomic mass is 10.1. The minimum Gasteiger partial charge on any atom is -0.349 e. The van der Waals surface area contributed by atoms with Crippen molar-refractivity contribution < 1.29 is 9.72 Å². The molecule has 166 valence electrons. The van der Waals surface area contributed by atoms with E-state index in [1.54, 1.807) is 12.1 Å². The number of carbonyl (C=O) groups is 1. The van der Waals surface area contributed by atoms with Crippen LogP contribution in [0, 0.1) is 23.0 Å². The van der Waals surface area contributed by atoms with Crippen LogP contribution in [-0.2, 0) is 17.1 Å². The standard InChI is InChI=1S/C23H25N5O3S/c1-16-5-4-6-17(13-16)15-32-23-26-25-21(14-24-22(29)18-7-2-3-8-18)27(23)19-9-11-20(12-10-19)28(30)31/h4-6,9-13,18H,2-3,7-8,14-15H2,1H3,(H,24,29). The number of non-ortho nitro benzene ring substituents is 1. The summed E-state index contributed by atoms with van der Waals surface area (Å²) >= 11 is 1.54. The SMILES string of the molecule is Cc1cccc(CSc2nnc(CNC(=O)C3CCCC3)n2-c2ccc([N+](=O)[O-])cc2)c1. The van der Waals surface area contributed by atoms with Crippen molar-refractivity contribution >= 4 is 23.4 Å². The summed E-state index contributed by atoms with van der Waals surface area (Å²) in [7, 11) is 0. The molecular formula is C23H25N5O3S. The van der Waals surface area contributed by atoms with Crippen molar-refractivity contribution in [3.8, 4) is 5.69 Å². The maximum atomic E-state index is 12.5. The van der Waals surface area contributed by atoms with Crippen LogP contribution in [0.4, 0.5) is 5.69 Å². The van der Waals surface area contributed by atoms with Gasteiger partial charge in [-0.1, -0.05) is 54.4 Å². The predicted octanol–water partition coefficient (Wildman–Crippen LogP) is 4.58. The fourth-order valence-electron chi connectivity index (χ4n) is 3.94. The summed E-state index contributed by atoms with van der Waals surface area (Å²) in [5.41, 5.74) is 3.10. The number of rotatable bonds is 8. The molecule has 1 fully saturated rings. The average molecular weight is 452 g/mol. The fraction of sp³-hybridized carbons (Fsp3) is 0.348. The largest absolute Gasteiger partial charge is 0.349 e. The van der Waals surface area contributed by atoms with E-state index in [1.165, 1.54) is 35.0 Å². The summed E-state index contributed by atoms with van der Waals surface area (Å²) in [4.78, 5) is 23.1. The van der Waals surface area contributed by atoms with Gasteiger partial charge in [0.2, 0.25) is 5.91 Å². The third kappa shape index (κ3) is 5.16. The molecule has 1 saturated carbocycles. The Bertz CT molecular complexity index is 1110. The second-order valence-corrected chi connectivity index (χ2v) is 8.93. The molecule has 0 aliphatic heterocycles. The topological polar surface area (TPSA) is 103 Å². The summed E-state index contributed by atoms with van der Waals surface area (Å²) in [5.74, 6) is 1.42. The summed E-state index contributed by atoms with van der Waals surface area (Å²) in [5, 5.41) is 23.4. The van der Waals surface area contributed by atoms with Gasteiger partial charge in [0.15, 0.2) is 11.0 Å². The minimum atomic E-state index is -0.425. The Kier molecular flexibility index (Phi) is 6.84. The van der Waals surface area contributed by atoms with E-state index in [9.17, 15) is 14.9 Å². The zero-order chi connectivity index (χ0) is 22.5. The maximum absolute atomic E-state index is 12.5. The highest BCUT2D eigenvalue weighted by atomic mass is 32.2. The molecule has 1 aromatic heterocycles. The number of amides is 1. The molecule has 1 amide bonds. The van der Waals surface area contributed by atoms with Gasteiger partial charge in [-0.15, -0.1) is 10.2 Å². The lowest BCUT2D eigenvalue weighted by molar-refractivity contribution is -0.384. The molecule has 0 unspecified atom stereocenters. The summed E-state index contributed by atoms with van der Waals surface area (Å²) in [6.45, 7) is 2.31. The van der Waals surface area contributed by atoms with Crippen LogP contribution in [0.5, 0.6) is 0 Å². The first kappa shape index (κ1) is 22.0. The average Bonchev–Trinajstić information content (AvgIpc) is 3.46. The molecule has 9 heteroatoms. The van der Waals surface area contributed by atoms with Crippen molar-refractivity contribution in [1.82, 2.24) is 20.1 Å². The van der Waals surface area contributed by atoms with Crippen molar-refractivity contribution in [2.24, 2.45) is 5.92 Å². The Morgan fingerprint density at radius 2 is 1.94 bits per heavy atom. The van der Waals surface area contributed by atoms with Crippen molar-refractivity contribution in [3.05, 3.63) is 75.6 Å². The second-order valence-electron chi connectivity index (χ2n) is 7.98. The molecule has 0 bridgehead atoms. The van der Waals surface area contributed by atoms with E-state index in [-0.39, 0.29) is 24.1 Å². The van der Waals surface area contributed by atoms with E-state index < -0.39 is 4.92 Å². The number of nitro groups is 1. The molecule has 0 atom stereocenters. The quantitative estimate of drug-likeness (QED) is 0.305. The first-order valence-electron chi connectivity index (χ1n) is 10.7. The maximum Gasteiger partial charge on any atom is 0.269 e. The monoisotopic (exact) mass is 451 g/mol. The lowest BCUT2D eigenvalue weighted by Gasteiger charge is -2.13. The van der Waals surface area contributed by atoms with Gasteiger partial charge in [0.25, 0.3) is 5.69 Å². The number of thioether (sulfide) groups is 1. The number of nitro benzene ring substituents is 1. The third-order valence-electron chi connectivity index (χ3n) is 5.62. The molecule has 1 aliphatic carbocycles. The Labute approximate surface area is 190 Å². The fourth-order valence-corrected chi connectivity index (χ4v) is 4.85. The van der Waals surface area contributed by atoms with Crippen LogP contribution < -0.4 is 5.32 Å². The van der Waals surface area contributed by atoms with Crippen molar-refractivity contribution in [2.75, 3.05) is 0 Å². The summed E-state index contributed by atoms with van der Waals surface area (Å²) in [6.07, 6.45) is 4.05. The Morgan fingerprint density at radius 3 is 2.62 bits per heavy atom. The van der Waals surface area contributed by atoms with Crippen molar-refractivity contribution in [2.45, 2.75) is 50.1 Å². The van der Waals surface area contributed by atoms with Gasteiger partial charge < -0.3 is 5.32 Å². The molecule has 3 aromatic rings. The van der Waals surface area contributed by atoms with Crippen LogP contribution in [0.1, 0.15) is 42.6 Å². The molecule has 1 aliphatic rings. The van der Waals surface area contributed by atoms with E-state index in [0.29, 0.717) is 16.7 Å². The molecule has 8 nitrogen and oxygen atoms in total. The molecule has 4 rings (SSSR count). The summed E-state index contributed by atoms with van der Waals surface area (Å²) < 4.78 is 1.86. The van der Waals surface area contributed by atoms with Gasteiger partial charge in [-0.05, 0) is 37.5 Å². The van der Waals surface area contributed by atoms with E-state index in [2.05, 4.69) is 40.6 Å². The van der Waals surface area contributed by atoms with Crippen molar-refractivity contribution in [3.63, 3.8) is 0 Å². The van der Waals surface area contributed by atoms with E-state index >= 15 is 0 Å². The van der Waals surface area contributed by atoms with Crippen molar-refractivity contribution in [1.29, 1.82) is 0 Å². The molecule has 32 heavy (non-hydrogen) atoms. The van der Waals surface area contributed by atoms with Gasteiger partial charge in [0, 0.05) is 29.5 Å². The molecular weight excluding hydrogens is 426 g/mol. The highest BCUT2D eigenvalue weighted by Crippen LogP contribution is 2.27. The lowest BCUT2D eigenvalue weighted by Crippen LogP contribution is -2.29. The van der Waals surface area contributed by atoms with E-state index in [1.807, 2.05) is 10.6 Å². The number of aromatic nitrogens is 3. The Hall–Kier alpha value is -3.20. The van der Waals surface area contributed by atoms with Crippen LogP contribution in [0.15, 0.2) is 53.7 Å². The number of hydrogen-bond donors (Lipinski definition) is 1. The Balaban J connectivity index is 1.57. The normalized spacial score (nSPS) is 13.9. The number of hydrogen-bond acceptors (Lipinski definition) is 6. The smallest absolute Gasteiger partial charge is 0.269 e. The molecule has 0 radical (unpaired) electrons. The number of nitrogens with zero attached hydrogens (tertiary/aromatic N) is 4. The number of carbonyl (C=O) groups excluding carboxylic acids is 1. The number of benzene rings is 2. The molecule has 0 spiro atoms. The first-order chi connectivity index (χ1) is 15.5. The predicted molar refractivity (Wildman–Crippen MR) is 123 cm³/mol. The second kappa shape index (κ2) is 9.95. The third-order valence-corrected chi connectivity index (χ3v) is 6.62. The van der Waals surface area contributed by atoms with Gasteiger partial charge in [0.05, 0.1) is 11.5 Å². The molecule has 1 heterocycles. The first-order valence-corrected chi connectivity index (χ1v) is 11.6. The van der Waals surface area contributed by atoms with Gasteiger partial charge in [0.1, 0.15) is 0 Å². The number of nitrogens with one attached hydrogen (secondary N) is 1. The van der Waals surface area contributed by atoms with Gasteiger partial charge in [-0.3, -0.25) is 19.5 Å². The zero-order valence-electron chi connectivity index (χ0n) is 17.9. The number of aryl methyl sites for hydroxylation is 1. The Morgan fingerprint density at radius 1 is 1.19 bits per heavy atom. The van der Waals surface area contributed by atoms with Crippen LogP contribution >= 0.6 is 11.8 Å². The van der Waals surface area contributed by atoms with Gasteiger partial charge in [-0.2, -0.15) is 0 Å². The highest BCUT2D eigenvalue weighted by Gasteiger charge is 2.23. The van der Waals surface area contributed by atoms with Crippen LogP contribution in [-0.4, -0.2) is 25.6 Å². The van der Waals surface area contributed by atoms with Crippen LogP contribution in [0.25, 0.3) is 5.69 Å². The van der Waals surface area contributed by atoms with Crippen LogP contribution in [0.3, 0.4) is 0 Å². The molecule has 0 saturated heterocycles. The molecule has 2 aromatic carbocycles.